The van der Waals surface area contributed by atoms with Crippen molar-refractivity contribution in [2.24, 2.45) is 0 Å². The van der Waals surface area contributed by atoms with Gasteiger partial charge in [-0.15, -0.1) is 5.10 Å². The number of amides is 1. The number of carbonyl (C=O) groups excluding carboxylic acids is 1. The van der Waals surface area contributed by atoms with Crippen LogP contribution in [0.2, 0.25) is 0 Å². The van der Waals surface area contributed by atoms with Crippen molar-refractivity contribution in [1.82, 2.24) is 25.0 Å². The smallest absolute Gasteiger partial charge is 0.346 e. The first-order valence-corrected chi connectivity index (χ1v) is 10.6. The van der Waals surface area contributed by atoms with E-state index in [2.05, 4.69) is 22.3 Å². The number of unbranched alkanes of at least 4 members (excludes halogenated alkanes) is 2. The van der Waals surface area contributed by atoms with Gasteiger partial charge in [0.1, 0.15) is 5.25 Å². The molecule has 0 aliphatic heterocycles. The summed E-state index contributed by atoms with van der Waals surface area (Å²) in [5.41, 5.74) is -0.284. The van der Waals surface area contributed by atoms with Gasteiger partial charge >= 0.3 is 12.0 Å². The van der Waals surface area contributed by atoms with E-state index >= 15 is 0 Å². The summed E-state index contributed by atoms with van der Waals surface area (Å²) in [4.78, 5) is 30.0. The van der Waals surface area contributed by atoms with E-state index in [0.29, 0.717) is 17.4 Å². The van der Waals surface area contributed by atoms with Crippen LogP contribution in [-0.2, 0) is 10.2 Å². The van der Waals surface area contributed by atoms with Crippen molar-refractivity contribution < 1.29 is 14.7 Å². The number of rotatable bonds is 9. The first-order chi connectivity index (χ1) is 13.0. The number of thioether (sulfide) groups is 1. The van der Waals surface area contributed by atoms with Crippen LogP contribution in [0.3, 0.4) is 0 Å². The van der Waals surface area contributed by atoms with Gasteiger partial charge in [0, 0.05) is 19.5 Å². The van der Waals surface area contributed by atoms with E-state index in [4.69, 9.17) is 0 Å². The van der Waals surface area contributed by atoms with Crippen molar-refractivity contribution in [2.75, 3.05) is 28.2 Å². The highest BCUT2D eigenvalue weighted by atomic mass is 32.2. The molecule has 0 saturated heterocycles. The fourth-order valence-corrected chi connectivity index (χ4v) is 3.07. The summed E-state index contributed by atoms with van der Waals surface area (Å²) in [6, 6.07) is -0.328. The minimum absolute atomic E-state index is 0.284. The molecule has 0 fully saturated rings. The zero-order valence-corrected chi connectivity index (χ0v) is 19.4. The van der Waals surface area contributed by atoms with Crippen LogP contribution in [0.4, 0.5) is 4.79 Å². The van der Waals surface area contributed by atoms with Crippen LogP contribution < -0.4 is 5.32 Å². The summed E-state index contributed by atoms with van der Waals surface area (Å²) < 4.78 is 1.23. The van der Waals surface area contributed by atoms with Crippen molar-refractivity contribution in [3.05, 3.63) is 5.82 Å². The number of carbonyl (C=O) groups is 2. The molecule has 1 atom stereocenters. The van der Waals surface area contributed by atoms with E-state index in [1.54, 1.807) is 14.1 Å². The summed E-state index contributed by atoms with van der Waals surface area (Å²) in [5.74, 6) is -0.324. The molecule has 2 N–H and O–H groups in total. The van der Waals surface area contributed by atoms with Crippen molar-refractivity contribution >= 4 is 23.8 Å². The average Bonchev–Trinajstić information content (AvgIpc) is 3.05. The highest BCUT2D eigenvalue weighted by Gasteiger charge is 2.30. The molecule has 1 rings (SSSR count). The molecule has 0 saturated carbocycles. The topological polar surface area (TPSA) is 100 Å². The van der Waals surface area contributed by atoms with Crippen LogP contribution in [0.1, 0.15) is 65.6 Å². The molecule has 0 bridgehead atoms. The standard InChI is InChI=1S/C17H30N4O3S.C2H7N/c1-7-9-10-11-12(13(22)23)25-15-18-14(17(3,4)8-2)19-21(15)16(24)20(5)6;1-3-2/h12H,7-11H2,1-6H3,(H,22,23);3H,1-2H3. The van der Waals surface area contributed by atoms with E-state index in [9.17, 15) is 14.7 Å². The normalized spacial score (nSPS) is 12.1. The first-order valence-electron chi connectivity index (χ1n) is 9.72. The van der Waals surface area contributed by atoms with E-state index in [1.807, 2.05) is 34.9 Å². The van der Waals surface area contributed by atoms with Crippen molar-refractivity contribution in [1.29, 1.82) is 0 Å². The fourth-order valence-electron chi connectivity index (χ4n) is 2.07. The van der Waals surface area contributed by atoms with Crippen molar-refractivity contribution in [2.45, 2.75) is 75.6 Å². The summed E-state index contributed by atoms with van der Waals surface area (Å²) in [6.07, 6.45) is 4.21. The Morgan fingerprint density at radius 3 is 2.25 bits per heavy atom. The summed E-state index contributed by atoms with van der Waals surface area (Å²) in [5, 5.41) is 16.4. The highest BCUT2D eigenvalue weighted by molar-refractivity contribution is 8.00. The molecule has 1 amide bonds. The Morgan fingerprint density at radius 1 is 1.25 bits per heavy atom. The summed E-state index contributed by atoms with van der Waals surface area (Å²) in [6.45, 7) is 8.13. The van der Waals surface area contributed by atoms with Gasteiger partial charge in [0.15, 0.2) is 11.0 Å². The predicted molar refractivity (Wildman–Crippen MR) is 114 cm³/mol. The number of nitrogens with one attached hydrogen (secondary N) is 1. The van der Waals surface area contributed by atoms with Crippen LogP contribution in [0.15, 0.2) is 5.16 Å². The van der Waals surface area contributed by atoms with Gasteiger partial charge in [-0.25, -0.2) is 9.78 Å². The lowest BCUT2D eigenvalue weighted by Crippen LogP contribution is -2.30. The molecule has 9 heteroatoms. The second-order valence-corrected chi connectivity index (χ2v) is 8.65. The lowest BCUT2D eigenvalue weighted by atomic mass is 9.90. The Morgan fingerprint density at radius 2 is 1.82 bits per heavy atom. The van der Waals surface area contributed by atoms with Gasteiger partial charge in [-0.05, 0) is 26.9 Å². The van der Waals surface area contributed by atoms with Gasteiger partial charge in [-0.3, -0.25) is 4.79 Å². The lowest BCUT2D eigenvalue weighted by Gasteiger charge is -2.17. The maximum absolute atomic E-state index is 12.4. The maximum atomic E-state index is 12.4. The second kappa shape index (κ2) is 12.8. The van der Waals surface area contributed by atoms with Crippen molar-refractivity contribution in [3.63, 3.8) is 0 Å². The monoisotopic (exact) mass is 415 g/mol. The summed E-state index contributed by atoms with van der Waals surface area (Å²) >= 11 is 1.11. The van der Waals surface area contributed by atoms with E-state index < -0.39 is 11.2 Å². The molecule has 0 radical (unpaired) electrons. The van der Waals surface area contributed by atoms with Crippen LogP contribution in [-0.4, -0.2) is 70.2 Å². The van der Waals surface area contributed by atoms with E-state index in [1.165, 1.54) is 9.58 Å². The number of aromatic nitrogens is 3. The van der Waals surface area contributed by atoms with E-state index in [-0.39, 0.29) is 11.4 Å². The first kappa shape index (κ1) is 26.4. The summed E-state index contributed by atoms with van der Waals surface area (Å²) in [7, 11) is 7.03. The van der Waals surface area contributed by atoms with Crippen LogP contribution in [0.25, 0.3) is 0 Å². The SMILES string of the molecule is CCCCCC(Sc1nc(C(C)(C)CC)nn1C(=O)N(C)C)C(=O)O.CNC. The quantitative estimate of drug-likeness (QED) is 0.470. The molecule has 8 nitrogen and oxygen atoms in total. The fraction of sp³-hybridized carbons (Fsp3) is 0.789. The van der Waals surface area contributed by atoms with Crippen LogP contribution >= 0.6 is 11.8 Å². The van der Waals surface area contributed by atoms with Gasteiger partial charge in [-0.1, -0.05) is 58.7 Å². The van der Waals surface area contributed by atoms with Gasteiger partial charge in [0.25, 0.3) is 0 Å². The average molecular weight is 416 g/mol. The molecule has 162 valence electrons. The molecule has 0 aromatic carbocycles. The van der Waals surface area contributed by atoms with Gasteiger partial charge in [0.2, 0.25) is 0 Å². The molecule has 1 heterocycles. The lowest BCUT2D eigenvalue weighted by molar-refractivity contribution is -0.136. The Balaban J connectivity index is 0.00000227. The number of aliphatic carboxylic acids is 1. The third-order valence-electron chi connectivity index (χ3n) is 4.22. The second-order valence-electron chi connectivity index (χ2n) is 7.48. The van der Waals surface area contributed by atoms with Gasteiger partial charge in [-0.2, -0.15) is 4.68 Å². The Kier molecular flexibility index (Phi) is 12.0. The van der Waals surface area contributed by atoms with Crippen molar-refractivity contribution in [3.8, 4) is 0 Å². The molecular weight excluding hydrogens is 378 g/mol. The van der Waals surface area contributed by atoms with Gasteiger partial charge in [0.05, 0.1) is 0 Å². The Labute approximate surface area is 173 Å². The number of carboxylic acid groups (broad SMARTS) is 1. The number of hydrogen-bond acceptors (Lipinski definition) is 6. The number of carboxylic acids is 1. The molecule has 0 aliphatic rings. The zero-order valence-electron chi connectivity index (χ0n) is 18.6. The molecule has 1 aromatic rings. The molecule has 1 aromatic heterocycles. The van der Waals surface area contributed by atoms with Crippen LogP contribution in [0.5, 0.6) is 0 Å². The predicted octanol–water partition coefficient (Wildman–Crippen LogP) is 3.46. The molecule has 0 spiro atoms. The molecule has 1 unspecified atom stereocenters. The molecule has 28 heavy (non-hydrogen) atoms. The molecule has 0 aliphatic carbocycles. The number of nitrogens with zero attached hydrogens (tertiary/aromatic N) is 4. The Hall–Kier alpha value is -1.61. The minimum atomic E-state index is -0.885. The minimum Gasteiger partial charge on any atom is -0.480 e. The number of hydrogen-bond donors (Lipinski definition) is 2. The maximum Gasteiger partial charge on any atom is 0.346 e. The van der Waals surface area contributed by atoms with Gasteiger partial charge < -0.3 is 15.3 Å². The Bertz CT molecular complexity index is 617. The molecular formula is C19H37N5O3S. The van der Waals surface area contributed by atoms with Crippen LogP contribution in [0, 0.1) is 0 Å². The third kappa shape index (κ3) is 8.18. The van der Waals surface area contributed by atoms with E-state index in [0.717, 1.165) is 37.4 Å². The highest BCUT2D eigenvalue weighted by Crippen LogP contribution is 2.30. The largest absolute Gasteiger partial charge is 0.480 e. The third-order valence-corrected chi connectivity index (χ3v) is 5.42. The zero-order chi connectivity index (χ0) is 21.9.